The van der Waals surface area contributed by atoms with Gasteiger partial charge in [0.05, 0.1) is 12.8 Å². The number of benzene rings is 1. The number of anilines is 1. The molecule has 0 amide bonds. The van der Waals surface area contributed by atoms with Gasteiger partial charge in [-0.2, -0.15) is 0 Å². The molecule has 1 aromatic rings. The first kappa shape index (κ1) is 9.90. The largest absolute Gasteiger partial charge is 0.495 e. The fourth-order valence-electron chi connectivity index (χ4n) is 1.35. The van der Waals surface area contributed by atoms with Crippen molar-refractivity contribution < 1.29 is 4.74 Å². The maximum Gasteiger partial charge on any atom is 0.142 e. The molecule has 0 aliphatic rings. The molecular weight excluding hydrogens is 162 g/mol. The predicted octanol–water partition coefficient (Wildman–Crippen LogP) is 2.62. The third-order valence-corrected chi connectivity index (χ3v) is 2.18. The lowest BCUT2D eigenvalue weighted by atomic mass is 10.1. The highest BCUT2D eigenvalue weighted by molar-refractivity contribution is 5.58. The number of aryl methyl sites for hydroxylation is 1. The van der Waals surface area contributed by atoms with Gasteiger partial charge < -0.3 is 10.5 Å². The first-order valence-electron chi connectivity index (χ1n) is 4.71. The minimum atomic E-state index is 0.786. The molecule has 0 fully saturated rings. The number of nitrogen functional groups attached to an aromatic ring is 1. The second-order valence-electron chi connectivity index (χ2n) is 3.14. The van der Waals surface area contributed by atoms with E-state index >= 15 is 0 Å². The summed E-state index contributed by atoms with van der Waals surface area (Å²) in [5, 5.41) is 0. The van der Waals surface area contributed by atoms with Gasteiger partial charge in [0.2, 0.25) is 0 Å². The average Bonchev–Trinajstić information content (AvgIpc) is 2.16. The highest BCUT2D eigenvalue weighted by Crippen LogP contribution is 2.25. The van der Waals surface area contributed by atoms with Crippen molar-refractivity contribution in [1.82, 2.24) is 0 Å². The molecule has 0 radical (unpaired) electrons. The van der Waals surface area contributed by atoms with Crippen LogP contribution in [0.3, 0.4) is 0 Å². The molecule has 0 bridgehead atoms. The van der Waals surface area contributed by atoms with E-state index in [2.05, 4.69) is 13.0 Å². The molecule has 0 aliphatic carbocycles. The Labute approximate surface area is 79.7 Å². The van der Waals surface area contributed by atoms with Crippen LogP contribution in [-0.4, -0.2) is 7.11 Å². The van der Waals surface area contributed by atoms with E-state index in [1.807, 2.05) is 12.1 Å². The summed E-state index contributed by atoms with van der Waals surface area (Å²) in [5.74, 6) is 0.786. The van der Waals surface area contributed by atoms with Crippen LogP contribution in [0.2, 0.25) is 0 Å². The highest BCUT2D eigenvalue weighted by Gasteiger charge is 2.03. The molecule has 0 spiro atoms. The fourth-order valence-corrected chi connectivity index (χ4v) is 1.35. The van der Waals surface area contributed by atoms with Crippen molar-refractivity contribution in [3.8, 4) is 5.75 Å². The zero-order valence-corrected chi connectivity index (χ0v) is 8.34. The standard InChI is InChI=1S/C11H17NO/c1-3-4-6-9-7-5-8-10(13-2)11(9)12/h5,7-8H,3-4,6,12H2,1-2H3. The van der Waals surface area contributed by atoms with Crippen molar-refractivity contribution in [3.05, 3.63) is 23.8 Å². The molecule has 0 atom stereocenters. The Hall–Kier alpha value is -1.18. The molecule has 0 saturated heterocycles. The minimum Gasteiger partial charge on any atom is -0.495 e. The fraction of sp³-hybridized carbons (Fsp3) is 0.455. The summed E-state index contributed by atoms with van der Waals surface area (Å²) in [6.07, 6.45) is 3.41. The smallest absolute Gasteiger partial charge is 0.142 e. The zero-order chi connectivity index (χ0) is 9.68. The van der Waals surface area contributed by atoms with Gasteiger partial charge in [0, 0.05) is 0 Å². The van der Waals surface area contributed by atoms with Crippen LogP contribution >= 0.6 is 0 Å². The summed E-state index contributed by atoms with van der Waals surface area (Å²) in [6, 6.07) is 5.94. The van der Waals surface area contributed by atoms with Gasteiger partial charge in [0.15, 0.2) is 0 Å². The molecule has 1 aromatic carbocycles. The molecular formula is C11H17NO. The van der Waals surface area contributed by atoms with Gasteiger partial charge in [0.25, 0.3) is 0 Å². The van der Waals surface area contributed by atoms with Gasteiger partial charge >= 0.3 is 0 Å². The van der Waals surface area contributed by atoms with E-state index < -0.39 is 0 Å². The molecule has 2 nitrogen and oxygen atoms in total. The topological polar surface area (TPSA) is 35.2 Å². The summed E-state index contributed by atoms with van der Waals surface area (Å²) in [4.78, 5) is 0. The summed E-state index contributed by atoms with van der Waals surface area (Å²) < 4.78 is 5.14. The van der Waals surface area contributed by atoms with Crippen molar-refractivity contribution in [2.45, 2.75) is 26.2 Å². The lowest BCUT2D eigenvalue weighted by molar-refractivity contribution is 0.416. The predicted molar refractivity (Wildman–Crippen MR) is 56.0 cm³/mol. The Morgan fingerprint density at radius 3 is 2.77 bits per heavy atom. The van der Waals surface area contributed by atoms with Crippen LogP contribution in [-0.2, 0) is 6.42 Å². The summed E-state index contributed by atoms with van der Waals surface area (Å²) in [7, 11) is 1.65. The molecule has 0 aliphatic heterocycles. The van der Waals surface area contributed by atoms with E-state index in [1.54, 1.807) is 7.11 Å². The van der Waals surface area contributed by atoms with Crippen LogP contribution in [0.5, 0.6) is 5.75 Å². The Bertz CT molecular complexity index is 271. The third kappa shape index (κ3) is 2.38. The monoisotopic (exact) mass is 179 g/mol. The maximum atomic E-state index is 5.91. The Morgan fingerprint density at radius 2 is 2.15 bits per heavy atom. The Kier molecular flexibility index (Phi) is 3.62. The van der Waals surface area contributed by atoms with E-state index in [4.69, 9.17) is 10.5 Å². The van der Waals surface area contributed by atoms with Gasteiger partial charge in [-0.05, 0) is 24.5 Å². The molecule has 72 valence electrons. The van der Waals surface area contributed by atoms with Gasteiger partial charge in [-0.3, -0.25) is 0 Å². The van der Waals surface area contributed by atoms with Crippen LogP contribution < -0.4 is 10.5 Å². The van der Waals surface area contributed by atoms with Crippen molar-refractivity contribution in [3.63, 3.8) is 0 Å². The molecule has 13 heavy (non-hydrogen) atoms. The normalized spacial score (nSPS) is 10.0. The van der Waals surface area contributed by atoms with E-state index in [1.165, 1.54) is 18.4 Å². The summed E-state index contributed by atoms with van der Waals surface area (Å²) in [6.45, 7) is 2.18. The molecule has 2 heteroatoms. The SMILES string of the molecule is CCCCc1cccc(OC)c1N. The Balaban J connectivity index is 2.81. The van der Waals surface area contributed by atoms with Crippen LogP contribution in [0.25, 0.3) is 0 Å². The quantitative estimate of drug-likeness (QED) is 0.721. The first-order valence-corrected chi connectivity index (χ1v) is 4.71. The zero-order valence-electron chi connectivity index (χ0n) is 8.34. The van der Waals surface area contributed by atoms with E-state index in [0.717, 1.165) is 17.9 Å². The number of para-hydroxylation sites is 1. The molecule has 0 saturated carbocycles. The summed E-state index contributed by atoms with van der Waals surface area (Å²) >= 11 is 0. The van der Waals surface area contributed by atoms with E-state index in [9.17, 15) is 0 Å². The second kappa shape index (κ2) is 4.75. The summed E-state index contributed by atoms with van der Waals surface area (Å²) in [5.41, 5.74) is 7.90. The van der Waals surface area contributed by atoms with Gasteiger partial charge in [0.1, 0.15) is 5.75 Å². The van der Waals surface area contributed by atoms with E-state index in [-0.39, 0.29) is 0 Å². The number of ether oxygens (including phenoxy) is 1. The average molecular weight is 179 g/mol. The van der Waals surface area contributed by atoms with Crippen molar-refractivity contribution in [2.24, 2.45) is 0 Å². The molecule has 0 aromatic heterocycles. The molecule has 0 unspecified atom stereocenters. The number of rotatable bonds is 4. The van der Waals surface area contributed by atoms with Crippen LogP contribution in [0.15, 0.2) is 18.2 Å². The van der Waals surface area contributed by atoms with Crippen molar-refractivity contribution >= 4 is 5.69 Å². The van der Waals surface area contributed by atoms with E-state index in [0.29, 0.717) is 0 Å². The van der Waals surface area contributed by atoms with Gasteiger partial charge in [-0.15, -0.1) is 0 Å². The number of hydrogen-bond acceptors (Lipinski definition) is 2. The third-order valence-electron chi connectivity index (χ3n) is 2.18. The van der Waals surface area contributed by atoms with Gasteiger partial charge in [-0.1, -0.05) is 25.5 Å². The second-order valence-corrected chi connectivity index (χ2v) is 3.14. The van der Waals surface area contributed by atoms with Crippen LogP contribution in [0.1, 0.15) is 25.3 Å². The van der Waals surface area contributed by atoms with Crippen molar-refractivity contribution in [2.75, 3.05) is 12.8 Å². The number of hydrogen-bond donors (Lipinski definition) is 1. The first-order chi connectivity index (χ1) is 6.29. The lowest BCUT2D eigenvalue weighted by Crippen LogP contribution is -1.97. The van der Waals surface area contributed by atoms with Gasteiger partial charge in [-0.25, -0.2) is 0 Å². The lowest BCUT2D eigenvalue weighted by Gasteiger charge is -2.08. The molecule has 1 rings (SSSR count). The minimum absolute atomic E-state index is 0.786. The number of unbranched alkanes of at least 4 members (excludes halogenated alkanes) is 1. The number of nitrogens with two attached hydrogens (primary N) is 1. The van der Waals surface area contributed by atoms with Crippen LogP contribution in [0, 0.1) is 0 Å². The van der Waals surface area contributed by atoms with Crippen molar-refractivity contribution in [1.29, 1.82) is 0 Å². The maximum absolute atomic E-state index is 5.91. The number of methoxy groups -OCH3 is 1. The Morgan fingerprint density at radius 1 is 1.38 bits per heavy atom. The molecule has 0 heterocycles. The van der Waals surface area contributed by atoms with Crippen LogP contribution in [0.4, 0.5) is 5.69 Å². The highest BCUT2D eigenvalue weighted by atomic mass is 16.5. The molecule has 2 N–H and O–H groups in total.